The second kappa shape index (κ2) is 6.56. The van der Waals surface area contributed by atoms with Crippen molar-refractivity contribution in [3.05, 3.63) is 29.0 Å². The molecule has 0 aliphatic rings. The number of carbonyl (C=O) groups is 2. The molecule has 7 heteroatoms. The molecule has 0 fully saturated rings. The van der Waals surface area contributed by atoms with Gasteiger partial charge in [-0.05, 0) is 38.5 Å². The molecule has 0 heterocycles. The van der Waals surface area contributed by atoms with Crippen molar-refractivity contribution < 1.29 is 19.1 Å². The number of amides is 2. The summed E-state index contributed by atoms with van der Waals surface area (Å²) in [5.41, 5.74) is -0.763. The van der Waals surface area contributed by atoms with Crippen molar-refractivity contribution in [1.82, 2.24) is 5.32 Å². The second-order valence-electron chi connectivity index (χ2n) is 4.98. The van der Waals surface area contributed by atoms with Crippen LogP contribution in [0.3, 0.4) is 0 Å². The molecule has 1 aromatic carbocycles. The lowest BCUT2D eigenvalue weighted by Crippen LogP contribution is -2.45. The van der Waals surface area contributed by atoms with Crippen LogP contribution in [-0.4, -0.2) is 22.6 Å². The first-order valence-corrected chi connectivity index (χ1v) is 6.33. The van der Waals surface area contributed by atoms with E-state index in [0.717, 1.165) is 6.07 Å². The molecule has 0 aliphatic carbocycles. The van der Waals surface area contributed by atoms with E-state index in [-0.39, 0.29) is 18.5 Å². The van der Waals surface area contributed by atoms with Gasteiger partial charge in [0.2, 0.25) is 0 Å². The van der Waals surface area contributed by atoms with Crippen LogP contribution in [0, 0.1) is 5.82 Å². The Bertz CT molecular complexity index is 520. The summed E-state index contributed by atoms with van der Waals surface area (Å²) >= 11 is 5.71. The molecule has 0 saturated carbocycles. The van der Waals surface area contributed by atoms with Gasteiger partial charge < -0.3 is 15.7 Å². The molecule has 5 nitrogen and oxygen atoms in total. The minimum Gasteiger partial charge on any atom is -0.481 e. The third-order valence-corrected chi connectivity index (χ3v) is 2.83. The number of hydrogen-bond acceptors (Lipinski definition) is 2. The van der Waals surface area contributed by atoms with Crippen molar-refractivity contribution in [3.63, 3.8) is 0 Å². The molecule has 110 valence electrons. The normalized spacial score (nSPS) is 11.0. The molecular formula is C13H16ClFN2O3. The van der Waals surface area contributed by atoms with E-state index >= 15 is 0 Å². The third kappa shape index (κ3) is 5.44. The Labute approximate surface area is 121 Å². The van der Waals surface area contributed by atoms with Crippen LogP contribution in [0.5, 0.6) is 0 Å². The summed E-state index contributed by atoms with van der Waals surface area (Å²) in [5, 5.41) is 13.8. The molecule has 0 radical (unpaired) electrons. The van der Waals surface area contributed by atoms with E-state index in [1.165, 1.54) is 12.1 Å². The average Bonchev–Trinajstić information content (AvgIpc) is 2.31. The summed E-state index contributed by atoms with van der Waals surface area (Å²) in [6.07, 6.45) is 0.187. The van der Waals surface area contributed by atoms with Crippen molar-refractivity contribution in [3.8, 4) is 0 Å². The van der Waals surface area contributed by atoms with Crippen LogP contribution in [0.25, 0.3) is 0 Å². The summed E-state index contributed by atoms with van der Waals surface area (Å²) in [4.78, 5) is 22.3. The Morgan fingerprint density at radius 2 is 2.05 bits per heavy atom. The third-order valence-electron chi connectivity index (χ3n) is 2.59. The highest BCUT2D eigenvalue weighted by Gasteiger charge is 2.22. The average molecular weight is 303 g/mol. The van der Waals surface area contributed by atoms with Gasteiger partial charge in [-0.1, -0.05) is 11.6 Å². The molecule has 1 aromatic rings. The molecule has 0 bridgehead atoms. The smallest absolute Gasteiger partial charge is 0.319 e. The molecule has 1 rings (SSSR count). The molecule has 0 unspecified atom stereocenters. The minimum absolute atomic E-state index is 0.0379. The van der Waals surface area contributed by atoms with Gasteiger partial charge in [-0.15, -0.1) is 0 Å². The number of aliphatic carboxylic acids is 1. The van der Waals surface area contributed by atoms with Gasteiger partial charge in [-0.2, -0.15) is 0 Å². The van der Waals surface area contributed by atoms with E-state index in [4.69, 9.17) is 16.7 Å². The second-order valence-corrected chi connectivity index (χ2v) is 5.42. The maximum absolute atomic E-state index is 13.4. The van der Waals surface area contributed by atoms with Gasteiger partial charge in [-0.25, -0.2) is 9.18 Å². The summed E-state index contributed by atoms with van der Waals surface area (Å²) in [7, 11) is 0. The molecule has 0 aliphatic heterocycles. The predicted molar refractivity (Wildman–Crippen MR) is 74.5 cm³/mol. The van der Waals surface area contributed by atoms with Crippen LogP contribution < -0.4 is 10.6 Å². The van der Waals surface area contributed by atoms with Gasteiger partial charge in [0.25, 0.3) is 0 Å². The zero-order valence-electron chi connectivity index (χ0n) is 11.2. The molecule has 0 aromatic heterocycles. The number of carboxylic acid groups (broad SMARTS) is 1. The standard InChI is InChI=1S/C13H16ClFN2O3/c1-13(2,6-5-11(18)19)17-12(20)16-10-7-8(14)3-4-9(10)15/h3-4,7H,5-6H2,1-2H3,(H,18,19)(H2,16,17,20). The maximum atomic E-state index is 13.4. The molecular weight excluding hydrogens is 287 g/mol. The zero-order valence-corrected chi connectivity index (χ0v) is 11.9. The van der Waals surface area contributed by atoms with Crippen molar-refractivity contribution >= 4 is 29.3 Å². The Hall–Kier alpha value is -1.82. The zero-order chi connectivity index (χ0) is 15.3. The number of rotatable bonds is 5. The quantitative estimate of drug-likeness (QED) is 0.781. The lowest BCUT2D eigenvalue weighted by molar-refractivity contribution is -0.137. The Balaban J connectivity index is 2.63. The highest BCUT2D eigenvalue weighted by molar-refractivity contribution is 6.30. The van der Waals surface area contributed by atoms with E-state index in [1.54, 1.807) is 13.8 Å². The Morgan fingerprint density at radius 3 is 2.65 bits per heavy atom. The van der Waals surface area contributed by atoms with E-state index < -0.39 is 23.4 Å². The fourth-order valence-electron chi connectivity index (χ4n) is 1.54. The minimum atomic E-state index is -0.943. The molecule has 3 N–H and O–H groups in total. The summed E-state index contributed by atoms with van der Waals surface area (Å²) < 4.78 is 13.4. The number of urea groups is 1. The fraction of sp³-hybridized carbons (Fsp3) is 0.385. The van der Waals surface area contributed by atoms with Gasteiger partial charge in [0.15, 0.2) is 0 Å². The number of carboxylic acids is 1. The molecule has 0 atom stereocenters. The van der Waals surface area contributed by atoms with Gasteiger partial charge in [-0.3, -0.25) is 4.79 Å². The van der Waals surface area contributed by atoms with Crippen LogP contribution in [0.15, 0.2) is 18.2 Å². The summed E-state index contributed by atoms with van der Waals surface area (Å²) in [5.74, 6) is -1.55. The SMILES string of the molecule is CC(C)(CCC(=O)O)NC(=O)Nc1cc(Cl)ccc1F. The van der Waals surface area contributed by atoms with E-state index in [1.807, 2.05) is 0 Å². The lowest BCUT2D eigenvalue weighted by atomic mass is 9.99. The van der Waals surface area contributed by atoms with Crippen LogP contribution in [0.2, 0.25) is 5.02 Å². The predicted octanol–water partition coefficient (Wildman–Crippen LogP) is 3.24. The molecule has 20 heavy (non-hydrogen) atoms. The van der Waals surface area contributed by atoms with E-state index in [0.29, 0.717) is 5.02 Å². The first kappa shape index (κ1) is 16.2. The first-order chi connectivity index (χ1) is 9.19. The highest BCUT2D eigenvalue weighted by atomic mass is 35.5. The van der Waals surface area contributed by atoms with Crippen molar-refractivity contribution in [2.75, 3.05) is 5.32 Å². The molecule has 0 spiro atoms. The van der Waals surface area contributed by atoms with Crippen molar-refractivity contribution in [1.29, 1.82) is 0 Å². The Kier molecular flexibility index (Phi) is 5.33. The van der Waals surface area contributed by atoms with Crippen LogP contribution in [0.1, 0.15) is 26.7 Å². The maximum Gasteiger partial charge on any atom is 0.319 e. The van der Waals surface area contributed by atoms with Gasteiger partial charge >= 0.3 is 12.0 Å². The largest absolute Gasteiger partial charge is 0.481 e. The van der Waals surface area contributed by atoms with E-state index in [2.05, 4.69) is 10.6 Å². The van der Waals surface area contributed by atoms with Crippen molar-refractivity contribution in [2.24, 2.45) is 0 Å². The lowest BCUT2D eigenvalue weighted by Gasteiger charge is -2.25. The monoisotopic (exact) mass is 302 g/mol. The van der Waals surface area contributed by atoms with Crippen LogP contribution in [-0.2, 0) is 4.79 Å². The van der Waals surface area contributed by atoms with Crippen molar-refractivity contribution in [2.45, 2.75) is 32.2 Å². The number of carbonyl (C=O) groups excluding carboxylic acids is 1. The number of hydrogen-bond donors (Lipinski definition) is 3. The van der Waals surface area contributed by atoms with E-state index in [9.17, 15) is 14.0 Å². The van der Waals surface area contributed by atoms with Crippen LogP contribution in [0.4, 0.5) is 14.9 Å². The van der Waals surface area contributed by atoms with Crippen LogP contribution >= 0.6 is 11.6 Å². The number of halogens is 2. The topological polar surface area (TPSA) is 78.4 Å². The summed E-state index contributed by atoms with van der Waals surface area (Å²) in [6.45, 7) is 3.37. The highest BCUT2D eigenvalue weighted by Crippen LogP contribution is 2.20. The number of nitrogens with one attached hydrogen (secondary N) is 2. The Morgan fingerprint density at radius 1 is 1.40 bits per heavy atom. The van der Waals surface area contributed by atoms with Gasteiger partial charge in [0.05, 0.1) is 5.69 Å². The first-order valence-electron chi connectivity index (χ1n) is 5.95. The molecule has 2 amide bonds. The van der Waals surface area contributed by atoms with Gasteiger partial charge in [0.1, 0.15) is 5.82 Å². The number of anilines is 1. The van der Waals surface area contributed by atoms with Gasteiger partial charge in [0, 0.05) is 17.0 Å². The number of benzene rings is 1. The summed E-state index contributed by atoms with van der Waals surface area (Å²) in [6, 6.07) is 3.19. The fourth-order valence-corrected chi connectivity index (χ4v) is 1.71. The molecule has 0 saturated heterocycles.